The molecule has 0 amide bonds. The summed E-state index contributed by atoms with van der Waals surface area (Å²) >= 11 is 5.25. The minimum atomic E-state index is 1.19. The van der Waals surface area contributed by atoms with E-state index in [0.29, 0.717) is 0 Å². The molecule has 0 spiro atoms. The highest BCUT2D eigenvalue weighted by Crippen LogP contribution is 2.25. The van der Waals surface area contributed by atoms with E-state index in [2.05, 4.69) is 47.3 Å². The molecule has 0 saturated heterocycles. The van der Waals surface area contributed by atoms with Crippen LogP contribution in [0.15, 0.2) is 27.6 Å². The third kappa shape index (κ3) is 1.55. The summed E-state index contributed by atoms with van der Waals surface area (Å²) in [4.78, 5) is 1.34. The molecule has 0 aliphatic rings. The molecular formula is C8H9BrS. The molecule has 10 heavy (non-hydrogen) atoms. The molecule has 1 rings (SSSR count). The normalized spacial score (nSPS) is 9.90. The quantitative estimate of drug-likeness (QED) is 0.649. The molecule has 0 bridgehead atoms. The highest BCUT2D eigenvalue weighted by molar-refractivity contribution is 9.10. The maximum absolute atomic E-state index is 3.47. The van der Waals surface area contributed by atoms with Crippen molar-refractivity contribution in [2.75, 3.05) is 6.26 Å². The highest BCUT2D eigenvalue weighted by Gasteiger charge is 1.97. The lowest BCUT2D eigenvalue weighted by atomic mass is 10.2. The molecule has 0 aromatic heterocycles. The average molecular weight is 217 g/mol. The van der Waals surface area contributed by atoms with Crippen molar-refractivity contribution in [3.63, 3.8) is 0 Å². The fourth-order valence-electron chi connectivity index (χ4n) is 0.809. The molecule has 0 radical (unpaired) electrons. The lowest BCUT2D eigenvalue weighted by molar-refractivity contribution is 1.28. The van der Waals surface area contributed by atoms with E-state index < -0.39 is 0 Å². The Kier molecular flexibility index (Phi) is 2.81. The molecule has 0 nitrogen and oxygen atoms in total. The maximum atomic E-state index is 3.47. The summed E-state index contributed by atoms with van der Waals surface area (Å²) in [7, 11) is 0. The molecule has 0 unspecified atom stereocenters. The van der Waals surface area contributed by atoms with Crippen LogP contribution in [0.1, 0.15) is 5.56 Å². The predicted octanol–water partition coefficient (Wildman–Crippen LogP) is 3.48. The third-order valence-corrected chi connectivity index (χ3v) is 3.18. The number of thioether (sulfide) groups is 1. The third-order valence-electron chi connectivity index (χ3n) is 1.44. The van der Waals surface area contributed by atoms with Crippen molar-refractivity contribution in [3.05, 3.63) is 28.2 Å². The number of hydrogen-bond acceptors (Lipinski definition) is 1. The lowest BCUT2D eigenvalue weighted by Crippen LogP contribution is -1.78. The van der Waals surface area contributed by atoms with Gasteiger partial charge in [0.1, 0.15) is 0 Å². The van der Waals surface area contributed by atoms with Crippen LogP contribution in [0, 0.1) is 6.92 Å². The second kappa shape index (κ2) is 3.44. The van der Waals surface area contributed by atoms with Crippen LogP contribution in [-0.4, -0.2) is 6.26 Å². The Morgan fingerprint density at radius 3 is 2.60 bits per heavy atom. The number of hydrogen-bond donors (Lipinski definition) is 0. The fraction of sp³-hybridized carbons (Fsp3) is 0.250. The van der Waals surface area contributed by atoms with Crippen molar-refractivity contribution in [2.45, 2.75) is 11.8 Å². The number of rotatable bonds is 1. The SMILES string of the molecule is CSc1cccc(Br)c1C. The Bertz CT molecular complexity index is 233. The Morgan fingerprint density at radius 1 is 1.40 bits per heavy atom. The standard InChI is InChI=1S/C8H9BrS/c1-6-7(9)4-3-5-8(6)10-2/h3-5H,1-2H3. The Labute approximate surface area is 74.2 Å². The van der Waals surface area contributed by atoms with Gasteiger partial charge in [-0.25, -0.2) is 0 Å². The smallest absolute Gasteiger partial charge is 0.0215 e. The van der Waals surface area contributed by atoms with Gasteiger partial charge < -0.3 is 0 Å². The summed E-state index contributed by atoms with van der Waals surface area (Å²) < 4.78 is 1.19. The first-order valence-electron chi connectivity index (χ1n) is 3.05. The molecule has 0 N–H and O–H groups in total. The van der Waals surface area contributed by atoms with Crippen LogP contribution in [0.5, 0.6) is 0 Å². The predicted molar refractivity (Wildman–Crippen MR) is 50.7 cm³/mol. The van der Waals surface area contributed by atoms with E-state index in [4.69, 9.17) is 0 Å². The number of benzene rings is 1. The van der Waals surface area contributed by atoms with Gasteiger partial charge in [-0.05, 0) is 30.9 Å². The van der Waals surface area contributed by atoms with Gasteiger partial charge >= 0.3 is 0 Å². The summed E-state index contributed by atoms with van der Waals surface area (Å²) in [6.07, 6.45) is 2.09. The molecule has 0 fully saturated rings. The van der Waals surface area contributed by atoms with Gasteiger partial charge in [-0.1, -0.05) is 22.0 Å². The molecular weight excluding hydrogens is 208 g/mol. The first-order chi connectivity index (χ1) is 4.75. The van der Waals surface area contributed by atoms with Gasteiger partial charge in [-0.3, -0.25) is 0 Å². The number of halogens is 1. The van der Waals surface area contributed by atoms with Gasteiger partial charge in [0.15, 0.2) is 0 Å². The molecule has 54 valence electrons. The van der Waals surface area contributed by atoms with Gasteiger partial charge in [-0.2, -0.15) is 0 Å². The van der Waals surface area contributed by atoms with Crippen LogP contribution in [-0.2, 0) is 0 Å². The van der Waals surface area contributed by atoms with Gasteiger partial charge in [0, 0.05) is 9.37 Å². The van der Waals surface area contributed by atoms with Crippen molar-refractivity contribution in [1.29, 1.82) is 0 Å². The summed E-state index contributed by atoms with van der Waals surface area (Å²) in [5, 5.41) is 0. The average Bonchev–Trinajstić information content (AvgIpc) is 1.95. The minimum Gasteiger partial charge on any atom is -0.129 e. The highest BCUT2D eigenvalue weighted by atomic mass is 79.9. The molecule has 2 heteroatoms. The lowest BCUT2D eigenvalue weighted by Gasteiger charge is -2.02. The van der Waals surface area contributed by atoms with Crippen molar-refractivity contribution < 1.29 is 0 Å². The zero-order chi connectivity index (χ0) is 7.56. The van der Waals surface area contributed by atoms with Crippen molar-refractivity contribution in [1.82, 2.24) is 0 Å². The molecule has 0 heterocycles. The van der Waals surface area contributed by atoms with Crippen molar-refractivity contribution in [2.24, 2.45) is 0 Å². The Morgan fingerprint density at radius 2 is 2.10 bits per heavy atom. The van der Waals surface area contributed by atoms with E-state index in [0.717, 1.165) is 0 Å². The second-order valence-electron chi connectivity index (χ2n) is 2.07. The van der Waals surface area contributed by atoms with E-state index in [1.807, 2.05) is 0 Å². The van der Waals surface area contributed by atoms with Crippen molar-refractivity contribution >= 4 is 27.7 Å². The summed E-state index contributed by atoms with van der Waals surface area (Å²) in [5.41, 5.74) is 1.33. The Balaban J connectivity index is 3.14. The van der Waals surface area contributed by atoms with E-state index in [-0.39, 0.29) is 0 Å². The second-order valence-corrected chi connectivity index (χ2v) is 3.77. The summed E-state index contributed by atoms with van der Waals surface area (Å²) in [5.74, 6) is 0. The maximum Gasteiger partial charge on any atom is 0.0215 e. The first-order valence-corrected chi connectivity index (χ1v) is 5.06. The molecule has 1 aromatic carbocycles. The van der Waals surface area contributed by atoms with Crippen LogP contribution in [0.25, 0.3) is 0 Å². The van der Waals surface area contributed by atoms with Gasteiger partial charge in [0.2, 0.25) is 0 Å². The fourth-order valence-corrected chi connectivity index (χ4v) is 1.94. The van der Waals surface area contributed by atoms with Gasteiger partial charge in [-0.15, -0.1) is 11.8 Å². The molecule has 0 aliphatic carbocycles. The van der Waals surface area contributed by atoms with Gasteiger partial charge in [0.25, 0.3) is 0 Å². The van der Waals surface area contributed by atoms with Crippen molar-refractivity contribution in [3.8, 4) is 0 Å². The van der Waals surface area contributed by atoms with Crippen LogP contribution < -0.4 is 0 Å². The van der Waals surface area contributed by atoms with Crippen LogP contribution in [0.3, 0.4) is 0 Å². The zero-order valence-electron chi connectivity index (χ0n) is 6.02. The Hall–Kier alpha value is 0.0500. The van der Waals surface area contributed by atoms with E-state index in [1.165, 1.54) is 14.9 Å². The van der Waals surface area contributed by atoms with Crippen LogP contribution >= 0.6 is 27.7 Å². The first kappa shape index (κ1) is 8.15. The zero-order valence-corrected chi connectivity index (χ0v) is 8.42. The summed E-state index contributed by atoms with van der Waals surface area (Å²) in [6, 6.07) is 6.25. The molecule has 0 saturated carbocycles. The minimum absolute atomic E-state index is 1.19. The summed E-state index contributed by atoms with van der Waals surface area (Å²) in [6.45, 7) is 2.12. The largest absolute Gasteiger partial charge is 0.129 e. The molecule has 0 aliphatic heterocycles. The molecule has 1 aromatic rings. The van der Waals surface area contributed by atoms with E-state index in [9.17, 15) is 0 Å². The monoisotopic (exact) mass is 216 g/mol. The van der Waals surface area contributed by atoms with Crippen LogP contribution in [0.4, 0.5) is 0 Å². The topological polar surface area (TPSA) is 0 Å². The van der Waals surface area contributed by atoms with E-state index >= 15 is 0 Å². The van der Waals surface area contributed by atoms with Crippen LogP contribution in [0.2, 0.25) is 0 Å². The molecule has 0 atom stereocenters. The van der Waals surface area contributed by atoms with Gasteiger partial charge in [0.05, 0.1) is 0 Å². The van der Waals surface area contributed by atoms with E-state index in [1.54, 1.807) is 11.8 Å².